The number of imidazole rings is 1. The van der Waals surface area contributed by atoms with E-state index in [2.05, 4.69) is 55.3 Å². The van der Waals surface area contributed by atoms with Gasteiger partial charge in [-0.15, -0.1) is 6.42 Å². The van der Waals surface area contributed by atoms with Crippen LogP contribution in [0, 0.1) is 18.2 Å². The number of hydrogen-bond acceptors (Lipinski definition) is 17. The first-order valence-electron chi connectivity index (χ1n) is 13.5. The largest absolute Gasteiger partial charge is 0.476 e. The van der Waals surface area contributed by atoms with Crippen LogP contribution in [0.4, 0.5) is 20.5 Å². The number of nitrogen functional groups attached to an aromatic ring is 2. The minimum atomic E-state index is -4.30. The number of nitrogens with zero attached hydrogens (tertiary/aromatic N) is 6. The summed E-state index contributed by atoms with van der Waals surface area (Å²) in [5, 5.41) is -0.0604. The average molecular weight is 736 g/mol. The number of alkyl halides is 1. The molecule has 4 aromatic heterocycles. The molecular weight excluding hydrogens is 710 g/mol. The average Bonchev–Trinajstić information content (AvgIpc) is 3.74. The Labute approximate surface area is 273 Å². The lowest BCUT2D eigenvalue weighted by atomic mass is 9.99. The zero-order chi connectivity index (χ0) is 33.5. The first-order chi connectivity index (χ1) is 22.2. The monoisotopic (exact) mass is 735 g/mol. The van der Waals surface area contributed by atoms with Gasteiger partial charge in [0.05, 0.1) is 36.2 Å². The van der Waals surface area contributed by atoms with Gasteiger partial charge in [-0.3, -0.25) is 14.3 Å². The zero-order valence-corrected chi connectivity index (χ0v) is 27.1. The van der Waals surface area contributed by atoms with Crippen LogP contribution < -0.4 is 17.0 Å². The molecule has 3 aliphatic heterocycles. The van der Waals surface area contributed by atoms with Crippen LogP contribution in [0.1, 0.15) is 18.9 Å². The molecule has 0 amide bonds. The van der Waals surface area contributed by atoms with Gasteiger partial charge < -0.3 is 25.5 Å². The van der Waals surface area contributed by atoms with E-state index in [0.717, 1.165) is 18.9 Å². The third-order valence-electron chi connectivity index (χ3n) is 7.80. The van der Waals surface area contributed by atoms with Crippen LogP contribution in [-0.2, 0) is 27.6 Å². The van der Waals surface area contributed by atoms with Crippen molar-refractivity contribution in [1.29, 1.82) is 0 Å². The van der Waals surface area contributed by atoms with Gasteiger partial charge in [-0.2, -0.15) is 32.9 Å². The van der Waals surface area contributed by atoms with Gasteiger partial charge in [0.15, 0.2) is 52.8 Å². The number of terminal acetylenes is 1. The lowest BCUT2D eigenvalue weighted by Gasteiger charge is -2.29. The summed E-state index contributed by atoms with van der Waals surface area (Å²) in [7, 11) is -8.43. The molecule has 0 saturated carbocycles. The second-order valence-electron chi connectivity index (χ2n) is 10.7. The topological polar surface area (TPSA) is 242 Å². The Morgan fingerprint density at radius 2 is 1.91 bits per heavy atom. The van der Waals surface area contributed by atoms with E-state index < -0.39 is 81.4 Å². The summed E-state index contributed by atoms with van der Waals surface area (Å²) in [5.41, 5.74) is 8.84. The highest BCUT2D eigenvalue weighted by Crippen LogP contribution is 2.68. The second kappa shape index (κ2) is 11.7. The lowest BCUT2D eigenvalue weighted by Crippen LogP contribution is -2.44. The van der Waals surface area contributed by atoms with Gasteiger partial charge in [0.1, 0.15) is 37.7 Å². The van der Waals surface area contributed by atoms with Crippen molar-refractivity contribution in [1.82, 2.24) is 34.1 Å². The number of nitrogens with one attached hydrogen (secondary N) is 1. The molecule has 4 aromatic rings. The minimum Gasteiger partial charge on any atom is -0.383 e. The molecule has 250 valence electrons. The minimum absolute atomic E-state index is 0.0604. The fourth-order valence-electron chi connectivity index (χ4n) is 5.65. The number of H-pyrrole nitrogens is 1. The zero-order valence-electron chi connectivity index (χ0n) is 23.5. The molecular formula is C23H25F2N9O9P2S2+2. The van der Waals surface area contributed by atoms with Crippen molar-refractivity contribution in [3.8, 4) is 12.3 Å². The fourth-order valence-corrected chi connectivity index (χ4v) is 8.64. The van der Waals surface area contributed by atoms with Crippen molar-refractivity contribution in [3.05, 3.63) is 35.0 Å². The summed E-state index contributed by atoms with van der Waals surface area (Å²) >= 11 is 8.34. The Hall–Kier alpha value is -2.77. The number of halogens is 2. The molecule has 2 bridgehead atoms. The van der Waals surface area contributed by atoms with Gasteiger partial charge in [-0.25, -0.2) is 23.7 Å². The maximum absolute atomic E-state index is 16.0. The third kappa shape index (κ3) is 5.73. The van der Waals surface area contributed by atoms with Gasteiger partial charge >= 0.3 is 14.3 Å². The van der Waals surface area contributed by atoms with Crippen LogP contribution in [0.2, 0.25) is 0 Å². The lowest BCUT2D eigenvalue weighted by molar-refractivity contribution is -0.0900. The SMILES string of the molecule is C#CC12CO[P+](O)(S)OC3[C@H](n4cnc5c(=O)[nH]c(N)nc54)O[C@H](CO[P+](O)(S)O[C@H]1C[C@H](n1cc(F)c4c(N)ncnc41)O2)[C@H]3F. The van der Waals surface area contributed by atoms with Gasteiger partial charge in [-0.05, 0) is 0 Å². The van der Waals surface area contributed by atoms with Gasteiger partial charge in [0.2, 0.25) is 5.95 Å². The maximum atomic E-state index is 16.0. The van der Waals surface area contributed by atoms with Crippen molar-refractivity contribution in [3.63, 3.8) is 0 Å². The molecule has 47 heavy (non-hydrogen) atoms. The van der Waals surface area contributed by atoms with Crippen LogP contribution in [-0.4, -0.2) is 87.1 Å². The highest BCUT2D eigenvalue weighted by atomic mass is 32.7. The van der Waals surface area contributed by atoms with Gasteiger partial charge in [-0.1, -0.05) is 5.92 Å². The summed E-state index contributed by atoms with van der Waals surface area (Å²) < 4.78 is 68.2. The van der Waals surface area contributed by atoms with Crippen molar-refractivity contribution in [2.45, 2.75) is 49.0 Å². The van der Waals surface area contributed by atoms with Gasteiger partial charge in [0.25, 0.3) is 5.56 Å². The van der Waals surface area contributed by atoms with Crippen LogP contribution in [0.15, 0.2) is 23.6 Å². The number of nitrogens with two attached hydrogens (primary N) is 2. The normalized spacial score (nSPS) is 36.4. The molecule has 3 saturated heterocycles. The number of fused-ring (bicyclic) bond motifs is 5. The van der Waals surface area contributed by atoms with Crippen LogP contribution >= 0.6 is 38.8 Å². The summed E-state index contributed by atoms with van der Waals surface area (Å²) in [5.74, 6) is 1.33. The molecule has 9 atom stereocenters. The maximum Gasteiger partial charge on any atom is 0.476 e. The standard InChI is InChI=1S/C23H24F2N9O9P2S2/c1-2-23-6-39-45(37,47)43-16-14(25)10(40-21(16)34-8-30-15-19(34)31-22(27)32-20(15)35)5-38-44(36,46)42-11(23)3-12(41-23)33-4-9(24)13-17(26)28-7-29-18(13)33/h1,4,7-8,10-12,14,16,21,36-37,46-47H,3,5-6H2,(H4-,26,27,28,29,31,32,35)/q+1/p+1/t10-,11+,12-,14-,16?,21-,23?,44?,45?/m1/s1. The predicted molar refractivity (Wildman–Crippen MR) is 167 cm³/mol. The highest BCUT2D eigenvalue weighted by Gasteiger charge is 2.62. The molecule has 0 radical (unpaired) electrons. The van der Waals surface area contributed by atoms with E-state index in [0.29, 0.717) is 0 Å². The van der Waals surface area contributed by atoms with Crippen molar-refractivity contribution >= 4 is 72.8 Å². The summed E-state index contributed by atoms with van der Waals surface area (Å²) in [4.78, 5) is 53.0. The van der Waals surface area contributed by atoms with Crippen LogP contribution in [0.3, 0.4) is 0 Å². The van der Waals surface area contributed by atoms with E-state index in [9.17, 15) is 19.0 Å². The molecule has 0 spiro atoms. The van der Waals surface area contributed by atoms with E-state index >= 15 is 4.39 Å². The molecule has 3 fully saturated rings. The van der Waals surface area contributed by atoms with E-state index in [1.807, 2.05) is 0 Å². The van der Waals surface area contributed by atoms with Crippen molar-refractivity contribution in [2.75, 3.05) is 24.7 Å². The van der Waals surface area contributed by atoms with E-state index in [4.69, 9.17) is 45.5 Å². The molecule has 3 aliphatic rings. The molecule has 4 unspecified atom stereocenters. The summed E-state index contributed by atoms with van der Waals surface area (Å²) in [6.45, 7) is -1.33. The summed E-state index contributed by atoms with van der Waals surface area (Å²) in [6, 6.07) is 0. The Morgan fingerprint density at radius 1 is 1.15 bits per heavy atom. The van der Waals surface area contributed by atoms with E-state index in [1.165, 1.54) is 9.13 Å². The Balaban J connectivity index is 1.23. The molecule has 7 N–H and O–H groups in total. The van der Waals surface area contributed by atoms with Gasteiger partial charge in [0, 0.05) is 12.6 Å². The fraction of sp³-hybridized carbons (Fsp3) is 0.435. The molecule has 24 heteroatoms. The first kappa shape index (κ1) is 32.8. The molecule has 7 heterocycles. The Kier molecular flexibility index (Phi) is 8.14. The quantitative estimate of drug-likeness (QED) is 0.0875. The number of thiol groups is 2. The van der Waals surface area contributed by atoms with Crippen LogP contribution in [0.25, 0.3) is 22.2 Å². The highest BCUT2D eigenvalue weighted by molar-refractivity contribution is 8.47. The summed E-state index contributed by atoms with van der Waals surface area (Å²) in [6.07, 6.45) is 0.218. The number of ether oxygens (including phenoxy) is 2. The molecule has 7 rings (SSSR count). The number of hydrogen-bond donors (Lipinski definition) is 7. The first-order valence-corrected chi connectivity index (χ1v) is 19.0. The number of rotatable bonds is 2. The number of anilines is 2. The predicted octanol–water partition coefficient (Wildman–Crippen LogP) is 1.41. The molecule has 0 aromatic carbocycles. The third-order valence-corrected chi connectivity index (χ3v) is 11.1. The Bertz CT molecular complexity index is 1980. The van der Waals surface area contributed by atoms with Crippen molar-refractivity contribution < 1.29 is 46.1 Å². The van der Waals surface area contributed by atoms with E-state index in [1.54, 1.807) is 0 Å². The van der Waals surface area contributed by atoms with Crippen molar-refractivity contribution in [2.24, 2.45) is 0 Å². The molecule has 0 aliphatic carbocycles. The van der Waals surface area contributed by atoms with E-state index in [-0.39, 0.29) is 40.4 Å². The smallest absolute Gasteiger partial charge is 0.383 e. The number of aromatic nitrogens is 7. The van der Waals surface area contributed by atoms with Crippen LogP contribution in [0.5, 0.6) is 0 Å². The Morgan fingerprint density at radius 3 is 2.68 bits per heavy atom. The second-order valence-corrected chi connectivity index (χ2v) is 16.6. The molecule has 18 nitrogen and oxygen atoms in total. The number of aromatic amines is 1.